The Morgan fingerprint density at radius 1 is 1.00 bits per heavy atom. The predicted octanol–water partition coefficient (Wildman–Crippen LogP) is 4.71. The molecular weight excluding hydrogens is 280 g/mol. The zero-order valence-electron chi connectivity index (χ0n) is 8.86. The van der Waals surface area contributed by atoms with Gasteiger partial charge in [-0.3, -0.25) is 10.1 Å². The van der Waals surface area contributed by atoms with Gasteiger partial charge >= 0.3 is 5.69 Å². The molecule has 0 heterocycles. The SMILES string of the molecule is O=[N+]([O-])c1cc(-c2cc(Cl)cc(Cl)c2)ccc1F. The fraction of sp³-hybridized carbons (Fsp3) is 0. The van der Waals surface area contributed by atoms with Crippen molar-refractivity contribution in [2.45, 2.75) is 0 Å². The van der Waals surface area contributed by atoms with Crippen LogP contribution in [-0.2, 0) is 0 Å². The van der Waals surface area contributed by atoms with E-state index in [0.29, 0.717) is 21.2 Å². The topological polar surface area (TPSA) is 43.1 Å². The molecule has 0 unspecified atom stereocenters. The lowest BCUT2D eigenvalue weighted by atomic mass is 10.1. The van der Waals surface area contributed by atoms with Crippen LogP contribution >= 0.6 is 23.2 Å². The number of nitro groups is 1. The van der Waals surface area contributed by atoms with Crippen LogP contribution in [0.2, 0.25) is 10.0 Å². The van der Waals surface area contributed by atoms with Gasteiger partial charge in [0.1, 0.15) is 0 Å². The lowest BCUT2D eigenvalue weighted by molar-refractivity contribution is -0.387. The van der Waals surface area contributed by atoms with Crippen molar-refractivity contribution in [3.05, 3.63) is 62.4 Å². The van der Waals surface area contributed by atoms with E-state index in [4.69, 9.17) is 23.2 Å². The average molecular weight is 286 g/mol. The van der Waals surface area contributed by atoms with E-state index in [2.05, 4.69) is 0 Å². The van der Waals surface area contributed by atoms with Crippen LogP contribution in [0.4, 0.5) is 10.1 Å². The van der Waals surface area contributed by atoms with Crippen molar-refractivity contribution in [3.8, 4) is 11.1 Å². The van der Waals surface area contributed by atoms with Crippen molar-refractivity contribution in [1.29, 1.82) is 0 Å². The van der Waals surface area contributed by atoms with Crippen molar-refractivity contribution in [3.63, 3.8) is 0 Å². The molecule has 0 amide bonds. The van der Waals surface area contributed by atoms with E-state index < -0.39 is 16.4 Å². The third-order valence-electron chi connectivity index (χ3n) is 2.34. The summed E-state index contributed by atoms with van der Waals surface area (Å²) in [5.41, 5.74) is 0.492. The zero-order chi connectivity index (χ0) is 13.3. The van der Waals surface area contributed by atoms with Crippen molar-refractivity contribution < 1.29 is 9.31 Å². The summed E-state index contributed by atoms with van der Waals surface area (Å²) in [6.45, 7) is 0. The van der Waals surface area contributed by atoms with Gasteiger partial charge in [0.2, 0.25) is 5.82 Å². The molecule has 0 radical (unpaired) electrons. The molecule has 0 aromatic heterocycles. The first-order valence-corrected chi connectivity index (χ1v) is 5.63. The molecule has 0 aliphatic rings. The minimum absolute atomic E-state index is 0.407. The maximum atomic E-state index is 13.2. The second kappa shape index (κ2) is 4.92. The minimum Gasteiger partial charge on any atom is -0.258 e. The summed E-state index contributed by atoms with van der Waals surface area (Å²) in [4.78, 5) is 9.88. The van der Waals surface area contributed by atoms with Crippen LogP contribution in [0.3, 0.4) is 0 Å². The zero-order valence-corrected chi connectivity index (χ0v) is 10.4. The molecule has 2 aromatic carbocycles. The third kappa shape index (κ3) is 2.60. The Morgan fingerprint density at radius 2 is 1.61 bits per heavy atom. The molecule has 0 fully saturated rings. The molecule has 0 aliphatic carbocycles. The molecule has 0 spiro atoms. The Balaban J connectivity index is 2.57. The molecule has 2 rings (SSSR count). The molecule has 18 heavy (non-hydrogen) atoms. The number of nitro benzene ring substituents is 1. The van der Waals surface area contributed by atoms with Crippen LogP contribution in [0.5, 0.6) is 0 Å². The molecule has 92 valence electrons. The molecule has 3 nitrogen and oxygen atoms in total. The fourth-order valence-electron chi connectivity index (χ4n) is 1.55. The van der Waals surface area contributed by atoms with Crippen molar-refractivity contribution in [2.24, 2.45) is 0 Å². The molecule has 0 saturated carbocycles. The number of benzene rings is 2. The van der Waals surface area contributed by atoms with Gasteiger partial charge in [0, 0.05) is 16.1 Å². The largest absolute Gasteiger partial charge is 0.305 e. The van der Waals surface area contributed by atoms with Gasteiger partial charge in [0.15, 0.2) is 0 Å². The molecule has 0 saturated heterocycles. The van der Waals surface area contributed by atoms with Gasteiger partial charge in [-0.15, -0.1) is 0 Å². The number of hydrogen-bond acceptors (Lipinski definition) is 2. The summed E-state index contributed by atoms with van der Waals surface area (Å²) >= 11 is 11.7. The smallest absolute Gasteiger partial charge is 0.258 e. The first kappa shape index (κ1) is 12.8. The highest BCUT2D eigenvalue weighted by Gasteiger charge is 2.15. The maximum Gasteiger partial charge on any atom is 0.305 e. The van der Waals surface area contributed by atoms with Crippen LogP contribution in [0.25, 0.3) is 11.1 Å². The molecule has 0 atom stereocenters. The van der Waals surface area contributed by atoms with E-state index in [0.717, 1.165) is 12.1 Å². The number of hydrogen-bond donors (Lipinski definition) is 0. The van der Waals surface area contributed by atoms with Gasteiger partial charge in [0.25, 0.3) is 0 Å². The van der Waals surface area contributed by atoms with E-state index in [-0.39, 0.29) is 0 Å². The highest BCUT2D eigenvalue weighted by Crippen LogP contribution is 2.30. The van der Waals surface area contributed by atoms with E-state index >= 15 is 0 Å². The van der Waals surface area contributed by atoms with Gasteiger partial charge in [-0.1, -0.05) is 29.3 Å². The molecule has 0 aliphatic heterocycles. The van der Waals surface area contributed by atoms with Crippen LogP contribution in [0.15, 0.2) is 36.4 Å². The molecule has 0 N–H and O–H groups in total. The summed E-state index contributed by atoms with van der Waals surface area (Å²) in [6, 6.07) is 8.38. The monoisotopic (exact) mass is 285 g/mol. The van der Waals surface area contributed by atoms with Crippen LogP contribution in [0.1, 0.15) is 0 Å². The maximum absolute atomic E-state index is 13.2. The Labute approximate surface area is 112 Å². The summed E-state index contributed by atoms with van der Waals surface area (Å²) in [7, 11) is 0. The van der Waals surface area contributed by atoms with Gasteiger partial charge in [-0.25, -0.2) is 0 Å². The van der Waals surface area contributed by atoms with Gasteiger partial charge < -0.3 is 0 Å². The van der Waals surface area contributed by atoms with E-state index in [1.54, 1.807) is 18.2 Å². The summed E-state index contributed by atoms with van der Waals surface area (Å²) < 4.78 is 13.2. The van der Waals surface area contributed by atoms with E-state index in [1.165, 1.54) is 6.07 Å². The highest BCUT2D eigenvalue weighted by atomic mass is 35.5. The Morgan fingerprint density at radius 3 is 2.17 bits per heavy atom. The van der Waals surface area contributed by atoms with E-state index in [1.807, 2.05) is 0 Å². The fourth-order valence-corrected chi connectivity index (χ4v) is 2.08. The average Bonchev–Trinajstić information content (AvgIpc) is 2.27. The summed E-state index contributed by atoms with van der Waals surface area (Å²) in [5.74, 6) is -0.878. The van der Waals surface area contributed by atoms with Crippen LogP contribution < -0.4 is 0 Å². The normalized spacial score (nSPS) is 10.4. The lowest BCUT2D eigenvalue weighted by Crippen LogP contribution is -1.92. The lowest BCUT2D eigenvalue weighted by Gasteiger charge is -2.04. The summed E-state index contributed by atoms with van der Waals surface area (Å²) in [6.07, 6.45) is 0. The van der Waals surface area contributed by atoms with Crippen LogP contribution in [-0.4, -0.2) is 4.92 Å². The first-order valence-electron chi connectivity index (χ1n) is 4.88. The first-order chi connectivity index (χ1) is 8.47. The summed E-state index contributed by atoms with van der Waals surface area (Å²) in [5, 5.41) is 11.5. The number of rotatable bonds is 2. The quantitative estimate of drug-likeness (QED) is 0.592. The van der Waals surface area contributed by atoms with Crippen molar-refractivity contribution >= 4 is 28.9 Å². The number of halogens is 3. The van der Waals surface area contributed by atoms with E-state index in [9.17, 15) is 14.5 Å². The predicted molar refractivity (Wildman–Crippen MR) is 68.5 cm³/mol. The second-order valence-electron chi connectivity index (χ2n) is 3.58. The number of nitrogens with zero attached hydrogens (tertiary/aromatic N) is 1. The van der Waals surface area contributed by atoms with Gasteiger partial charge in [0.05, 0.1) is 4.92 Å². The molecule has 6 heteroatoms. The van der Waals surface area contributed by atoms with Crippen molar-refractivity contribution in [2.75, 3.05) is 0 Å². The Bertz CT molecular complexity index is 611. The standard InChI is InChI=1S/C12H6Cl2FNO2/c13-9-3-8(4-10(14)6-9)7-1-2-11(15)12(5-7)16(17)18/h1-6H. The molecule has 2 aromatic rings. The van der Waals surface area contributed by atoms with Gasteiger partial charge in [-0.2, -0.15) is 4.39 Å². The van der Waals surface area contributed by atoms with Gasteiger partial charge in [-0.05, 0) is 35.4 Å². The minimum atomic E-state index is -0.878. The van der Waals surface area contributed by atoms with Crippen LogP contribution in [0, 0.1) is 15.9 Å². The molecular formula is C12H6Cl2FNO2. The molecule has 0 bridgehead atoms. The Hall–Kier alpha value is -1.65. The highest BCUT2D eigenvalue weighted by molar-refractivity contribution is 6.35. The second-order valence-corrected chi connectivity index (χ2v) is 4.45. The Kier molecular flexibility index (Phi) is 3.50. The third-order valence-corrected chi connectivity index (χ3v) is 2.78. The van der Waals surface area contributed by atoms with Crippen molar-refractivity contribution in [1.82, 2.24) is 0 Å².